The second-order valence-electron chi connectivity index (χ2n) is 8.34. The van der Waals surface area contributed by atoms with Gasteiger partial charge in [-0.2, -0.15) is 0 Å². The molecule has 0 spiro atoms. The van der Waals surface area contributed by atoms with E-state index in [1.165, 1.54) is 0 Å². The van der Waals surface area contributed by atoms with Gasteiger partial charge in [-0.15, -0.1) is 0 Å². The fourth-order valence-electron chi connectivity index (χ4n) is 4.11. The van der Waals surface area contributed by atoms with Crippen molar-refractivity contribution in [3.05, 3.63) is 95.0 Å². The van der Waals surface area contributed by atoms with Crippen LogP contribution in [0.4, 0.5) is 11.4 Å². The fourth-order valence-corrected chi connectivity index (χ4v) is 4.23. The number of ketones is 1. The topological polar surface area (TPSA) is 78.5 Å². The average molecular weight is 476 g/mol. The van der Waals surface area contributed by atoms with Crippen LogP contribution in [-0.4, -0.2) is 42.1 Å². The van der Waals surface area contributed by atoms with Gasteiger partial charge >= 0.3 is 0 Å². The minimum atomic E-state index is -0.288. The van der Waals surface area contributed by atoms with Gasteiger partial charge in [0.2, 0.25) is 5.91 Å². The van der Waals surface area contributed by atoms with E-state index in [0.29, 0.717) is 53.5 Å². The number of amides is 2. The lowest BCUT2D eigenvalue weighted by Crippen LogP contribution is -2.40. The Balaban J connectivity index is 1.30. The van der Waals surface area contributed by atoms with E-state index in [0.717, 1.165) is 0 Å². The number of para-hydroxylation sites is 2. The minimum Gasteiger partial charge on any atom is -0.324 e. The Morgan fingerprint density at radius 2 is 1.47 bits per heavy atom. The number of Topliss-reactive ketones (excluding diaryl/α,β-unsaturated/α-hetero) is 1. The summed E-state index contributed by atoms with van der Waals surface area (Å²) in [6.07, 6.45) is 1.40. The summed E-state index contributed by atoms with van der Waals surface area (Å²) < 4.78 is 0. The van der Waals surface area contributed by atoms with Crippen molar-refractivity contribution in [2.75, 3.05) is 30.3 Å². The van der Waals surface area contributed by atoms with E-state index in [4.69, 9.17) is 11.6 Å². The molecule has 0 bridgehead atoms. The summed E-state index contributed by atoms with van der Waals surface area (Å²) in [6, 6.07) is 23.1. The number of anilines is 2. The highest BCUT2D eigenvalue weighted by molar-refractivity contribution is 6.30. The number of hydrogen-bond donors (Lipinski definition) is 2. The predicted octanol–water partition coefficient (Wildman–Crippen LogP) is 5.13. The highest BCUT2D eigenvalue weighted by Crippen LogP contribution is 2.23. The molecule has 0 radical (unpaired) electrons. The zero-order valence-corrected chi connectivity index (χ0v) is 19.4. The van der Waals surface area contributed by atoms with Gasteiger partial charge < -0.3 is 10.6 Å². The highest BCUT2D eigenvalue weighted by Gasteiger charge is 2.27. The van der Waals surface area contributed by atoms with E-state index < -0.39 is 0 Å². The van der Waals surface area contributed by atoms with Crippen LogP contribution in [0.1, 0.15) is 33.6 Å². The zero-order chi connectivity index (χ0) is 23.9. The van der Waals surface area contributed by atoms with Crippen molar-refractivity contribution in [3.63, 3.8) is 0 Å². The number of rotatable bonds is 7. The number of piperidine rings is 1. The first-order valence-electron chi connectivity index (χ1n) is 11.3. The van der Waals surface area contributed by atoms with E-state index in [-0.39, 0.29) is 30.1 Å². The van der Waals surface area contributed by atoms with Gasteiger partial charge in [0.05, 0.1) is 17.8 Å². The predicted molar refractivity (Wildman–Crippen MR) is 134 cm³/mol. The van der Waals surface area contributed by atoms with Gasteiger partial charge in [0.25, 0.3) is 5.91 Å². The summed E-state index contributed by atoms with van der Waals surface area (Å²) in [6.45, 7) is 1.53. The molecule has 1 saturated heterocycles. The average Bonchev–Trinajstić information content (AvgIpc) is 2.85. The van der Waals surface area contributed by atoms with Crippen LogP contribution in [0.5, 0.6) is 0 Å². The standard InChI is InChI=1S/C27H26ClN3O3/c28-21-12-10-19(11-13-21)26(33)20-14-16-31(17-15-20)18-25(32)30-24-9-5-4-8-23(24)27(34)29-22-6-2-1-3-7-22/h1-13,20H,14-18H2,(H,29,34)(H,30,32). The SMILES string of the molecule is O=C(CN1CCC(C(=O)c2ccc(Cl)cc2)CC1)Nc1ccccc1C(=O)Nc1ccccc1. The maximum absolute atomic E-state index is 12.7. The fraction of sp³-hybridized carbons (Fsp3) is 0.222. The Labute approximate surface area is 203 Å². The van der Waals surface area contributed by atoms with Crippen molar-refractivity contribution in [1.82, 2.24) is 4.90 Å². The lowest BCUT2D eigenvalue weighted by molar-refractivity contribution is -0.117. The summed E-state index contributed by atoms with van der Waals surface area (Å²) in [5.74, 6) is -0.409. The summed E-state index contributed by atoms with van der Waals surface area (Å²) in [7, 11) is 0. The van der Waals surface area contributed by atoms with Crippen LogP contribution in [-0.2, 0) is 4.79 Å². The van der Waals surface area contributed by atoms with Crippen molar-refractivity contribution in [2.24, 2.45) is 5.92 Å². The molecule has 0 atom stereocenters. The van der Waals surface area contributed by atoms with Crippen LogP contribution in [0.2, 0.25) is 5.02 Å². The van der Waals surface area contributed by atoms with Gasteiger partial charge in [0.1, 0.15) is 0 Å². The summed E-state index contributed by atoms with van der Waals surface area (Å²) in [5.41, 5.74) is 2.22. The molecule has 7 heteroatoms. The molecule has 1 aliphatic rings. The molecule has 1 fully saturated rings. The maximum atomic E-state index is 12.7. The smallest absolute Gasteiger partial charge is 0.257 e. The van der Waals surface area contributed by atoms with E-state index >= 15 is 0 Å². The Kier molecular flexibility index (Phi) is 7.72. The molecule has 3 aromatic carbocycles. The maximum Gasteiger partial charge on any atom is 0.257 e. The third-order valence-electron chi connectivity index (χ3n) is 5.93. The van der Waals surface area contributed by atoms with Gasteiger partial charge in [-0.25, -0.2) is 0 Å². The molecule has 3 aromatic rings. The molecule has 34 heavy (non-hydrogen) atoms. The second kappa shape index (κ2) is 11.1. The van der Waals surface area contributed by atoms with E-state index in [1.54, 1.807) is 60.7 Å². The molecule has 6 nitrogen and oxygen atoms in total. The number of hydrogen-bond acceptors (Lipinski definition) is 4. The lowest BCUT2D eigenvalue weighted by Gasteiger charge is -2.30. The zero-order valence-electron chi connectivity index (χ0n) is 18.7. The molecule has 174 valence electrons. The van der Waals surface area contributed by atoms with Crippen LogP contribution in [0.25, 0.3) is 0 Å². The van der Waals surface area contributed by atoms with Crippen LogP contribution >= 0.6 is 11.6 Å². The van der Waals surface area contributed by atoms with E-state index in [2.05, 4.69) is 10.6 Å². The van der Waals surface area contributed by atoms with Crippen LogP contribution in [0.3, 0.4) is 0 Å². The number of carbonyl (C=O) groups is 3. The Morgan fingerprint density at radius 3 is 2.18 bits per heavy atom. The van der Waals surface area contributed by atoms with E-state index in [9.17, 15) is 14.4 Å². The number of carbonyl (C=O) groups excluding carboxylic acids is 3. The van der Waals surface area contributed by atoms with Crippen LogP contribution in [0.15, 0.2) is 78.9 Å². The Morgan fingerprint density at radius 1 is 0.824 bits per heavy atom. The first-order valence-corrected chi connectivity index (χ1v) is 11.6. The molecular formula is C27H26ClN3O3. The lowest BCUT2D eigenvalue weighted by atomic mass is 9.89. The minimum absolute atomic E-state index is 0.0529. The van der Waals surface area contributed by atoms with E-state index in [1.807, 2.05) is 23.1 Å². The Hall–Kier alpha value is -3.48. The van der Waals surface area contributed by atoms with Gasteiger partial charge in [0.15, 0.2) is 5.78 Å². The molecule has 1 heterocycles. The van der Waals surface area contributed by atoms with Gasteiger partial charge in [0, 0.05) is 22.2 Å². The van der Waals surface area contributed by atoms with Crippen molar-refractivity contribution in [1.29, 1.82) is 0 Å². The molecule has 0 aromatic heterocycles. The van der Waals surface area contributed by atoms with Crippen molar-refractivity contribution < 1.29 is 14.4 Å². The molecule has 2 amide bonds. The molecule has 0 aliphatic carbocycles. The highest BCUT2D eigenvalue weighted by atomic mass is 35.5. The summed E-state index contributed by atoms with van der Waals surface area (Å²) >= 11 is 5.91. The number of benzene rings is 3. The normalized spacial score (nSPS) is 14.4. The van der Waals surface area contributed by atoms with Crippen molar-refractivity contribution in [2.45, 2.75) is 12.8 Å². The van der Waals surface area contributed by atoms with Crippen LogP contribution < -0.4 is 10.6 Å². The molecule has 4 rings (SSSR count). The van der Waals surface area contributed by atoms with Gasteiger partial charge in [-0.05, 0) is 74.5 Å². The number of nitrogens with one attached hydrogen (secondary N) is 2. The molecule has 0 saturated carbocycles. The quantitative estimate of drug-likeness (QED) is 0.464. The Bertz CT molecular complexity index is 1160. The first kappa shape index (κ1) is 23.7. The third kappa shape index (κ3) is 6.10. The monoisotopic (exact) mass is 475 g/mol. The summed E-state index contributed by atoms with van der Waals surface area (Å²) in [4.78, 5) is 40.2. The molecular weight excluding hydrogens is 450 g/mol. The third-order valence-corrected chi connectivity index (χ3v) is 6.18. The largest absolute Gasteiger partial charge is 0.324 e. The molecule has 1 aliphatic heterocycles. The van der Waals surface area contributed by atoms with Crippen molar-refractivity contribution in [3.8, 4) is 0 Å². The molecule has 2 N–H and O–H groups in total. The number of nitrogens with zero attached hydrogens (tertiary/aromatic N) is 1. The number of likely N-dealkylation sites (tertiary alicyclic amines) is 1. The summed E-state index contributed by atoms with van der Waals surface area (Å²) in [5, 5.41) is 6.32. The van der Waals surface area contributed by atoms with Crippen LogP contribution in [0, 0.1) is 5.92 Å². The first-order chi connectivity index (χ1) is 16.5. The van der Waals surface area contributed by atoms with Gasteiger partial charge in [-0.1, -0.05) is 41.9 Å². The number of halogens is 1. The molecule has 0 unspecified atom stereocenters. The van der Waals surface area contributed by atoms with Crippen molar-refractivity contribution >= 4 is 40.6 Å². The second-order valence-corrected chi connectivity index (χ2v) is 8.77. The van der Waals surface area contributed by atoms with Gasteiger partial charge in [-0.3, -0.25) is 19.3 Å².